The monoisotopic (exact) mass is 881 g/mol. The van der Waals surface area contributed by atoms with Crippen LogP contribution in [0.5, 0.6) is 17.4 Å². The molecule has 7 rings (SSSR count). The first kappa shape index (κ1) is 46.0. The van der Waals surface area contributed by atoms with Gasteiger partial charge in [-0.1, -0.05) is 77.1 Å². The fourth-order valence-corrected chi connectivity index (χ4v) is 10.6. The summed E-state index contributed by atoms with van der Waals surface area (Å²) in [6, 6.07) is 14.7. The van der Waals surface area contributed by atoms with Crippen LogP contribution in [0.1, 0.15) is 106 Å². The first-order valence-electron chi connectivity index (χ1n) is 21.8. The second-order valence-corrected chi connectivity index (χ2v) is 25.1. The number of aliphatic hydroxyl groups is 1. The standard InChI is InChI=1S/C49H63N3O10Si/c1-27(2)24-50-25-29-19-20-31-32(21-29)41(59-46(56)60-47(3,4)5)36-33(40(31)57-11)22-30-23-34-38(52(9)10)42-37(45(51-61-42)58-26-28-17-15-14-16-18-28)44(55)49(34,43(54)35(30)39(36)53)62-63(12,13)48(6,7)8/h14-21,27,30,34,38,50,53H,22-26H2,1-13H3/t30-,34-,38-,49-/m0/s1. The van der Waals surface area contributed by atoms with Crippen LogP contribution in [0.15, 0.2) is 58.6 Å². The summed E-state index contributed by atoms with van der Waals surface area (Å²) in [7, 11) is 2.32. The van der Waals surface area contributed by atoms with Crippen molar-refractivity contribution >= 4 is 42.6 Å². The summed E-state index contributed by atoms with van der Waals surface area (Å²) in [6.45, 7) is 21.0. The third-order valence-corrected chi connectivity index (χ3v) is 17.4. The summed E-state index contributed by atoms with van der Waals surface area (Å²) in [5, 5.41) is 21.4. The Balaban J connectivity index is 1.47. The average molecular weight is 882 g/mol. The Hall–Kier alpha value is -5.02. The Kier molecular flexibility index (Phi) is 12.3. The molecule has 63 heavy (non-hydrogen) atoms. The lowest BCUT2D eigenvalue weighted by Crippen LogP contribution is -2.68. The van der Waals surface area contributed by atoms with Crippen LogP contribution in [0, 0.1) is 17.8 Å². The summed E-state index contributed by atoms with van der Waals surface area (Å²) in [5.41, 5.74) is -0.492. The van der Waals surface area contributed by atoms with Gasteiger partial charge in [0.1, 0.15) is 29.3 Å². The van der Waals surface area contributed by atoms with Crippen molar-refractivity contribution in [3.63, 3.8) is 0 Å². The zero-order chi connectivity index (χ0) is 46.0. The smallest absolute Gasteiger partial charge is 0.507 e. The Morgan fingerprint density at radius 1 is 0.984 bits per heavy atom. The van der Waals surface area contributed by atoms with Crippen LogP contribution in [-0.2, 0) is 33.5 Å². The quantitative estimate of drug-likeness (QED) is 0.0600. The predicted octanol–water partition coefficient (Wildman–Crippen LogP) is 9.77. The van der Waals surface area contributed by atoms with E-state index in [-0.39, 0.29) is 47.8 Å². The first-order valence-corrected chi connectivity index (χ1v) is 24.7. The number of rotatable bonds is 12. The van der Waals surface area contributed by atoms with Crippen molar-refractivity contribution < 1.29 is 47.4 Å². The molecule has 0 aliphatic heterocycles. The lowest BCUT2D eigenvalue weighted by Gasteiger charge is -2.55. The van der Waals surface area contributed by atoms with Gasteiger partial charge in [0.25, 0.3) is 5.88 Å². The molecular weight excluding hydrogens is 819 g/mol. The zero-order valence-corrected chi connectivity index (χ0v) is 40.0. The lowest BCUT2D eigenvalue weighted by atomic mass is 9.57. The molecule has 3 aliphatic rings. The number of carbonyl (C=O) groups excluding carboxylic acids is 3. The maximum Gasteiger partial charge on any atom is 0.514 e. The number of nitrogens with one attached hydrogen (secondary N) is 1. The van der Waals surface area contributed by atoms with Gasteiger partial charge in [-0.25, -0.2) is 4.79 Å². The van der Waals surface area contributed by atoms with E-state index in [1.54, 1.807) is 27.9 Å². The molecule has 0 radical (unpaired) electrons. The van der Waals surface area contributed by atoms with E-state index in [9.17, 15) is 9.90 Å². The van der Waals surface area contributed by atoms with Gasteiger partial charge in [-0.15, -0.1) is 0 Å². The molecule has 1 heterocycles. The minimum Gasteiger partial charge on any atom is -0.507 e. The Labute approximate surface area is 371 Å². The Bertz CT molecular complexity index is 2460. The van der Waals surface area contributed by atoms with Gasteiger partial charge < -0.3 is 38.3 Å². The van der Waals surface area contributed by atoms with E-state index in [4.69, 9.17) is 27.9 Å². The minimum absolute atomic E-state index is 0.0255. The number of benzene rings is 3. The van der Waals surface area contributed by atoms with Crippen LogP contribution in [0.3, 0.4) is 0 Å². The van der Waals surface area contributed by atoms with Crippen LogP contribution < -0.4 is 19.5 Å². The number of nitrogens with zero attached hydrogens (tertiary/aromatic N) is 2. The topological polar surface area (TPSA) is 159 Å². The molecule has 0 spiro atoms. The van der Waals surface area contributed by atoms with Gasteiger partial charge in [0.2, 0.25) is 11.6 Å². The number of aliphatic hydroxyl groups excluding tert-OH is 1. The normalized spacial score (nSPS) is 21.3. The second-order valence-electron chi connectivity index (χ2n) is 20.4. The number of fused-ring (bicyclic) bond motifs is 5. The molecule has 1 saturated carbocycles. The van der Waals surface area contributed by atoms with Gasteiger partial charge in [0, 0.05) is 34.4 Å². The minimum atomic E-state index is -3.00. The van der Waals surface area contributed by atoms with E-state index in [2.05, 4.69) is 45.1 Å². The number of carbonyl (C=O) groups is 3. The highest BCUT2D eigenvalue weighted by atomic mass is 28.4. The number of Topliss-reactive ketones (excluding diaryl/α,β-unsaturated/α-hetero) is 2. The number of aromatic nitrogens is 1. The van der Waals surface area contributed by atoms with Gasteiger partial charge in [-0.3, -0.25) is 14.5 Å². The van der Waals surface area contributed by atoms with E-state index >= 15 is 9.59 Å². The van der Waals surface area contributed by atoms with Crippen molar-refractivity contribution in [2.24, 2.45) is 17.8 Å². The maximum absolute atomic E-state index is 16.1. The van der Waals surface area contributed by atoms with E-state index in [1.807, 2.05) is 80.6 Å². The number of hydrogen-bond acceptors (Lipinski definition) is 13. The SMILES string of the molecule is COc1c2c(c(OC(=O)OC(C)(C)C)c3cc(CNCC(C)C)ccc13)C(O)=C1C(=O)[C@]3(O[Si](C)(C)C(C)(C)C)C(=O)c4c(OCc5ccccc5)noc4[C@@H](N(C)C)[C@@H]3C[C@@H]1C2. The van der Waals surface area contributed by atoms with Gasteiger partial charge in [-0.05, 0) is 107 Å². The Morgan fingerprint density at radius 3 is 2.30 bits per heavy atom. The molecule has 0 saturated heterocycles. The molecule has 3 aliphatic carbocycles. The summed E-state index contributed by atoms with van der Waals surface area (Å²) >= 11 is 0. The zero-order valence-electron chi connectivity index (χ0n) is 39.0. The highest BCUT2D eigenvalue weighted by molar-refractivity contribution is 6.74. The van der Waals surface area contributed by atoms with E-state index in [1.165, 1.54) is 0 Å². The summed E-state index contributed by atoms with van der Waals surface area (Å²) < 4.78 is 37.5. The van der Waals surface area contributed by atoms with E-state index in [0.29, 0.717) is 40.3 Å². The third-order valence-electron chi connectivity index (χ3n) is 12.9. The molecule has 14 heteroatoms. The van der Waals surface area contributed by atoms with Crippen molar-refractivity contribution in [1.82, 2.24) is 15.4 Å². The molecule has 0 bridgehead atoms. The van der Waals surface area contributed by atoms with Gasteiger partial charge in [0.05, 0.1) is 18.7 Å². The Morgan fingerprint density at radius 2 is 1.68 bits per heavy atom. The largest absolute Gasteiger partial charge is 0.514 e. The molecule has 4 atom stereocenters. The lowest BCUT2D eigenvalue weighted by molar-refractivity contribution is -0.140. The van der Waals surface area contributed by atoms with Crippen molar-refractivity contribution in [1.29, 1.82) is 0 Å². The summed E-state index contributed by atoms with van der Waals surface area (Å²) in [4.78, 5) is 47.4. The summed E-state index contributed by atoms with van der Waals surface area (Å²) in [5.74, 6) is -1.86. The molecule has 1 fully saturated rings. The van der Waals surface area contributed by atoms with Crippen LogP contribution in [-0.4, -0.2) is 80.2 Å². The van der Waals surface area contributed by atoms with E-state index < -0.39 is 65.9 Å². The second kappa shape index (κ2) is 16.8. The van der Waals surface area contributed by atoms with Gasteiger partial charge in [0.15, 0.2) is 25.4 Å². The van der Waals surface area contributed by atoms with Gasteiger partial charge >= 0.3 is 6.16 Å². The number of methoxy groups -OCH3 is 1. The van der Waals surface area contributed by atoms with Crippen LogP contribution in [0.25, 0.3) is 16.5 Å². The van der Waals surface area contributed by atoms with Crippen molar-refractivity contribution in [3.05, 3.63) is 87.7 Å². The van der Waals surface area contributed by atoms with Crippen molar-refractivity contribution in [2.75, 3.05) is 27.7 Å². The highest BCUT2D eigenvalue weighted by Crippen LogP contribution is 2.60. The molecule has 13 nitrogen and oxygen atoms in total. The molecule has 1 aromatic heterocycles. The van der Waals surface area contributed by atoms with Crippen LogP contribution in [0.4, 0.5) is 4.79 Å². The third kappa shape index (κ3) is 8.31. The molecule has 4 aromatic rings. The molecule has 0 unspecified atom stereocenters. The first-order chi connectivity index (χ1) is 29.5. The maximum atomic E-state index is 16.1. The molecule has 2 N–H and O–H groups in total. The molecular formula is C49H63N3O10Si. The van der Waals surface area contributed by atoms with Crippen LogP contribution in [0.2, 0.25) is 18.1 Å². The molecule has 338 valence electrons. The summed E-state index contributed by atoms with van der Waals surface area (Å²) in [6.07, 6.45) is -0.512. The average Bonchev–Trinajstić information content (AvgIpc) is 3.60. The molecule has 3 aromatic carbocycles. The number of ketones is 2. The van der Waals surface area contributed by atoms with Gasteiger partial charge in [-0.2, -0.15) is 0 Å². The fourth-order valence-electron chi connectivity index (χ4n) is 9.12. The van der Waals surface area contributed by atoms with E-state index in [0.717, 1.165) is 17.7 Å². The van der Waals surface area contributed by atoms with Crippen molar-refractivity contribution in [2.45, 2.75) is 117 Å². The van der Waals surface area contributed by atoms with Crippen LogP contribution >= 0.6 is 0 Å². The number of hydrogen-bond donors (Lipinski definition) is 2. The predicted molar refractivity (Wildman–Crippen MR) is 243 cm³/mol. The highest BCUT2D eigenvalue weighted by Gasteiger charge is 2.69. The fraction of sp³-hybridized carbons (Fsp3) is 0.510. The molecule has 0 amide bonds. The number of ether oxygens (including phenoxy) is 4. The van der Waals surface area contributed by atoms with Crippen molar-refractivity contribution in [3.8, 4) is 17.4 Å².